The van der Waals surface area contributed by atoms with Crippen LogP contribution >= 0.6 is 0 Å². The van der Waals surface area contributed by atoms with Gasteiger partial charge in [0.2, 0.25) is 23.6 Å². The summed E-state index contributed by atoms with van der Waals surface area (Å²) in [6.07, 6.45) is -1.02. The van der Waals surface area contributed by atoms with Crippen molar-refractivity contribution in [3.8, 4) is 5.75 Å². The second-order valence-electron chi connectivity index (χ2n) is 10.4. The van der Waals surface area contributed by atoms with Gasteiger partial charge in [-0.25, -0.2) is 18.4 Å². The quantitative estimate of drug-likeness (QED) is 0.267. The molecule has 0 bridgehead atoms. The first-order valence-electron chi connectivity index (χ1n) is 13.6. The summed E-state index contributed by atoms with van der Waals surface area (Å²) in [6, 6.07) is 10.1. The molecule has 3 aromatic rings. The van der Waals surface area contributed by atoms with Crippen LogP contribution in [0, 0.1) is 11.6 Å². The lowest BCUT2D eigenvalue weighted by Gasteiger charge is -2.34. The van der Waals surface area contributed by atoms with E-state index in [0.717, 1.165) is 25.3 Å². The second kappa shape index (κ2) is 12.4. The standard InChI is InChI=1S/C30H27F2N3O10/c1-16-14-42-22-13-34-12-20(26(37)33-11-17-8-9-19(31)10-21(17)32)24(36)25(23(34)27(38)35(16)22)43-15-44-29(41)45-30(2,28(39)40)18-6-4-3-5-7-18/h3-10,12,16,22H,11,13-15H2,1-2H3,(H,33,37)(H,39,40)/t16-,22+,30?/m0/s1. The molecule has 2 amide bonds. The van der Waals surface area contributed by atoms with Crippen LogP contribution in [0.4, 0.5) is 13.6 Å². The first-order chi connectivity index (χ1) is 21.4. The molecule has 0 aliphatic carbocycles. The summed E-state index contributed by atoms with van der Waals surface area (Å²) in [5, 5.41) is 12.1. The number of ether oxygens (including phenoxy) is 4. The van der Waals surface area contributed by atoms with Crippen LogP contribution in [0.2, 0.25) is 0 Å². The van der Waals surface area contributed by atoms with Crippen LogP contribution < -0.4 is 15.5 Å². The highest BCUT2D eigenvalue weighted by atomic mass is 19.1. The number of carbonyl (C=O) groups excluding carboxylic acids is 3. The molecule has 1 aromatic heterocycles. The van der Waals surface area contributed by atoms with E-state index in [1.807, 2.05) is 0 Å². The monoisotopic (exact) mass is 627 g/mol. The fourth-order valence-corrected chi connectivity index (χ4v) is 5.01. The Balaban J connectivity index is 1.39. The molecule has 2 N–H and O–H groups in total. The van der Waals surface area contributed by atoms with Crippen molar-refractivity contribution >= 4 is 23.9 Å². The van der Waals surface area contributed by atoms with Crippen LogP contribution in [-0.2, 0) is 37.7 Å². The van der Waals surface area contributed by atoms with Gasteiger partial charge in [0.25, 0.3) is 11.8 Å². The van der Waals surface area contributed by atoms with Crippen molar-refractivity contribution in [2.75, 3.05) is 13.4 Å². The highest BCUT2D eigenvalue weighted by Crippen LogP contribution is 2.30. The van der Waals surface area contributed by atoms with Crippen LogP contribution in [0.1, 0.15) is 45.8 Å². The summed E-state index contributed by atoms with van der Waals surface area (Å²) in [4.78, 5) is 66.0. The van der Waals surface area contributed by atoms with Gasteiger partial charge in [0.05, 0.1) is 19.2 Å². The zero-order valence-corrected chi connectivity index (χ0v) is 24.0. The van der Waals surface area contributed by atoms with E-state index < -0.39 is 77.5 Å². The Morgan fingerprint density at radius 3 is 2.56 bits per heavy atom. The van der Waals surface area contributed by atoms with Gasteiger partial charge in [0.15, 0.2) is 11.9 Å². The number of aromatic nitrogens is 1. The number of carbonyl (C=O) groups is 4. The molecule has 2 aliphatic heterocycles. The molecule has 3 heterocycles. The van der Waals surface area contributed by atoms with E-state index in [1.54, 1.807) is 25.1 Å². The first-order valence-corrected chi connectivity index (χ1v) is 13.6. The smallest absolute Gasteiger partial charge is 0.478 e. The van der Waals surface area contributed by atoms with Gasteiger partial charge in [-0.2, -0.15) is 0 Å². The largest absolute Gasteiger partial charge is 0.512 e. The number of halogens is 2. The topological polar surface area (TPSA) is 163 Å². The van der Waals surface area contributed by atoms with Crippen LogP contribution in [0.25, 0.3) is 0 Å². The van der Waals surface area contributed by atoms with Crippen molar-refractivity contribution in [1.29, 1.82) is 0 Å². The summed E-state index contributed by atoms with van der Waals surface area (Å²) in [7, 11) is 0. The van der Waals surface area contributed by atoms with Crippen molar-refractivity contribution in [2.45, 2.75) is 44.8 Å². The number of aliphatic carboxylic acids is 1. The molecule has 1 unspecified atom stereocenters. The molecule has 13 nitrogen and oxygen atoms in total. The summed E-state index contributed by atoms with van der Waals surface area (Å²) in [5.41, 5.74) is -3.82. The average molecular weight is 628 g/mol. The van der Waals surface area contributed by atoms with Gasteiger partial charge in [-0.1, -0.05) is 36.4 Å². The molecule has 2 aromatic carbocycles. The molecule has 3 atom stereocenters. The van der Waals surface area contributed by atoms with Gasteiger partial charge in [-0.05, 0) is 19.9 Å². The molecule has 0 saturated carbocycles. The van der Waals surface area contributed by atoms with Crippen LogP contribution in [0.15, 0.2) is 59.5 Å². The number of fused-ring (bicyclic) bond motifs is 2. The summed E-state index contributed by atoms with van der Waals surface area (Å²) < 4.78 is 49.8. The van der Waals surface area contributed by atoms with Gasteiger partial charge in [-0.15, -0.1) is 0 Å². The third-order valence-electron chi connectivity index (χ3n) is 7.44. The van der Waals surface area contributed by atoms with Gasteiger partial charge < -0.3 is 38.8 Å². The van der Waals surface area contributed by atoms with E-state index >= 15 is 0 Å². The van der Waals surface area contributed by atoms with Crippen molar-refractivity contribution < 1.29 is 52.0 Å². The number of pyridine rings is 1. The predicted molar refractivity (Wildman–Crippen MR) is 148 cm³/mol. The lowest BCUT2D eigenvalue weighted by atomic mass is 9.96. The van der Waals surface area contributed by atoms with E-state index in [0.29, 0.717) is 6.07 Å². The number of benzene rings is 2. The number of rotatable bonds is 9. The van der Waals surface area contributed by atoms with Gasteiger partial charge in [-0.3, -0.25) is 14.4 Å². The Morgan fingerprint density at radius 1 is 1.13 bits per heavy atom. The number of nitrogens with zero attached hydrogens (tertiary/aromatic N) is 2. The van der Waals surface area contributed by atoms with E-state index in [-0.39, 0.29) is 36.0 Å². The maximum absolute atomic E-state index is 14.1. The van der Waals surface area contributed by atoms with Crippen molar-refractivity contribution in [1.82, 2.24) is 14.8 Å². The van der Waals surface area contributed by atoms with Gasteiger partial charge in [0.1, 0.15) is 17.2 Å². The maximum atomic E-state index is 14.1. The molecule has 5 rings (SSSR count). The van der Waals surface area contributed by atoms with Crippen molar-refractivity contribution in [3.63, 3.8) is 0 Å². The van der Waals surface area contributed by atoms with Crippen molar-refractivity contribution in [3.05, 3.63) is 99.0 Å². The van der Waals surface area contributed by atoms with E-state index in [2.05, 4.69) is 5.32 Å². The maximum Gasteiger partial charge on any atom is 0.512 e. The van der Waals surface area contributed by atoms with Crippen LogP contribution in [0.5, 0.6) is 5.75 Å². The zero-order valence-electron chi connectivity index (χ0n) is 24.0. The number of carboxylic acid groups (broad SMARTS) is 1. The summed E-state index contributed by atoms with van der Waals surface area (Å²) in [5.74, 6) is -5.43. The zero-order chi connectivity index (χ0) is 32.5. The predicted octanol–water partition coefficient (Wildman–Crippen LogP) is 2.75. The van der Waals surface area contributed by atoms with Crippen LogP contribution in [-0.4, -0.2) is 64.2 Å². The highest BCUT2D eigenvalue weighted by molar-refractivity contribution is 5.99. The minimum Gasteiger partial charge on any atom is -0.478 e. The second-order valence-corrected chi connectivity index (χ2v) is 10.4. The number of hydrogen-bond donors (Lipinski definition) is 2. The number of carboxylic acids is 1. The number of amides is 2. The van der Waals surface area contributed by atoms with Gasteiger partial charge in [0, 0.05) is 29.9 Å². The Morgan fingerprint density at radius 2 is 1.87 bits per heavy atom. The number of nitrogens with one attached hydrogen (secondary N) is 1. The summed E-state index contributed by atoms with van der Waals surface area (Å²) in [6.45, 7) is 1.74. The Bertz CT molecular complexity index is 1730. The average Bonchev–Trinajstić information content (AvgIpc) is 3.38. The van der Waals surface area contributed by atoms with E-state index in [9.17, 15) is 37.9 Å². The third-order valence-corrected chi connectivity index (χ3v) is 7.44. The highest BCUT2D eigenvalue weighted by Gasteiger charge is 2.44. The Hall–Kier alpha value is -5.31. The molecule has 45 heavy (non-hydrogen) atoms. The minimum atomic E-state index is -2.13. The minimum absolute atomic E-state index is 0.0197. The Labute approximate surface area is 253 Å². The van der Waals surface area contributed by atoms with E-state index in [1.165, 1.54) is 21.6 Å². The lowest BCUT2D eigenvalue weighted by molar-refractivity contribution is -0.161. The molecular formula is C30H27F2N3O10. The molecular weight excluding hydrogens is 600 g/mol. The molecule has 236 valence electrons. The lowest BCUT2D eigenvalue weighted by Crippen LogP contribution is -2.49. The first kappa shape index (κ1) is 31.1. The third kappa shape index (κ3) is 6.06. The fraction of sp³-hybridized carbons (Fsp3) is 0.300. The molecule has 0 radical (unpaired) electrons. The Kier molecular flexibility index (Phi) is 8.55. The normalized spacial score (nSPS) is 18.3. The SMILES string of the molecule is C[C@H]1CO[C@@H]2Cn3cc(C(=O)NCc4ccc(F)cc4F)c(=O)c(OCOC(=O)OC(C)(C(=O)O)c4ccccc4)c3C(=O)N12. The molecule has 1 saturated heterocycles. The van der Waals surface area contributed by atoms with Gasteiger partial charge >= 0.3 is 12.1 Å². The fourth-order valence-electron chi connectivity index (χ4n) is 5.01. The molecule has 1 fully saturated rings. The summed E-state index contributed by atoms with van der Waals surface area (Å²) >= 11 is 0. The number of hydrogen-bond acceptors (Lipinski definition) is 9. The molecule has 0 spiro atoms. The molecule has 15 heteroatoms. The molecule has 2 aliphatic rings. The van der Waals surface area contributed by atoms with Crippen molar-refractivity contribution in [2.24, 2.45) is 0 Å². The van der Waals surface area contributed by atoms with E-state index in [4.69, 9.17) is 18.9 Å². The van der Waals surface area contributed by atoms with Crippen LogP contribution in [0.3, 0.4) is 0 Å².